The minimum atomic E-state index is -0.468. The van der Waals surface area contributed by atoms with Crippen molar-refractivity contribution in [2.24, 2.45) is 0 Å². The van der Waals surface area contributed by atoms with E-state index in [0.717, 1.165) is 0 Å². The van der Waals surface area contributed by atoms with Crippen LogP contribution in [0.25, 0.3) is 0 Å². The van der Waals surface area contributed by atoms with Crippen molar-refractivity contribution in [3.8, 4) is 0 Å². The summed E-state index contributed by atoms with van der Waals surface area (Å²) in [5.74, 6) is -0.378. The molecule has 8 heteroatoms. The van der Waals surface area contributed by atoms with E-state index >= 15 is 0 Å². The third kappa shape index (κ3) is 4.23. The van der Waals surface area contributed by atoms with E-state index in [0.29, 0.717) is 22.2 Å². The van der Waals surface area contributed by atoms with Gasteiger partial charge in [0.2, 0.25) is 0 Å². The number of nitrogens with one attached hydrogen (secondary N) is 2. The highest BCUT2D eigenvalue weighted by atomic mass is 35.5. The molecule has 25 heavy (non-hydrogen) atoms. The molecule has 5 nitrogen and oxygen atoms in total. The smallest absolute Gasteiger partial charge is 0.275 e. The number of hydrogen-bond donors (Lipinski definition) is 2. The van der Waals surface area contributed by atoms with Gasteiger partial charge in [0.05, 0.1) is 28.1 Å². The Balaban J connectivity index is 1.70. The van der Waals surface area contributed by atoms with Crippen molar-refractivity contribution in [2.45, 2.75) is 0 Å². The maximum Gasteiger partial charge on any atom is 0.275 e. The van der Waals surface area contributed by atoms with Gasteiger partial charge >= 0.3 is 0 Å². The van der Waals surface area contributed by atoms with Gasteiger partial charge in [-0.1, -0.05) is 29.3 Å². The van der Waals surface area contributed by atoms with Gasteiger partial charge in [-0.3, -0.25) is 4.79 Å². The average molecular weight is 377 g/mol. The first-order valence-corrected chi connectivity index (χ1v) is 7.88. The van der Waals surface area contributed by atoms with Crippen LogP contribution in [-0.4, -0.2) is 15.9 Å². The standard InChI is InChI=1S/C17H11Cl2FN4O/c18-12-2-1-3-13(16(12)19)24-17(25)14-8-22-15(9-21-14)23-11-6-4-10(20)5-7-11/h1-9H,(H,22,23)(H,24,25). The van der Waals surface area contributed by atoms with E-state index in [2.05, 4.69) is 20.6 Å². The van der Waals surface area contributed by atoms with E-state index < -0.39 is 5.91 Å². The number of rotatable bonds is 4. The van der Waals surface area contributed by atoms with Gasteiger partial charge in [-0.05, 0) is 36.4 Å². The van der Waals surface area contributed by atoms with E-state index in [4.69, 9.17) is 23.2 Å². The average Bonchev–Trinajstić information content (AvgIpc) is 2.61. The van der Waals surface area contributed by atoms with E-state index in [1.165, 1.54) is 24.5 Å². The summed E-state index contributed by atoms with van der Waals surface area (Å²) in [6, 6.07) is 10.7. The summed E-state index contributed by atoms with van der Waals surface area (Å²) < 4.78 is 12.9. The Hall–Kier alpha value is -2.70. The van der Waals surface area contributed by atoms with Gasteiger partial charge < -0.3 is 10.6 Å². The molecule has 0 aliphatic rings. The minimum Gasteiger partial charge on any atom is -0.339 e. The lowest BCUT2D eigenvalue weighted by molar-refractivity contribution is 0.102. The molecule has 1 amide bonds. The second kappa shape index (κ2) is 7.46. The van der Waals surface area contributed by atoms with Crippen molar-refractivity contribution in [3.05, 3.63) is 76.4 Å². The number of nitrogens with zero attached hydrogens (tertiary/aromatic N) is 2. The van der Waals surface area contributed by atoms with Crippen LogP contribution in [-0.2, 0) is 0 Å². The second-order valence-corrected chi connectivity index (χ2v) is 5.76. The van der Waals surface area contributed by atoms with E-state index in [1.807, 2.05) is 0 Å². The van der Waals surface area contributed by atoms with Gasteiger partial charge in [0.15, 0.2) is 0 Å². The predicted octanol–water partition coefficient (Wildman–Crippen LogP) is 4.92. The fourth-order valence-electron chi connectivity index (χ4n) is 1.98. The third-order valence-electron chi connectivity index (χ3n) is 3.20. The molecular formula is C17H11Cl2FN4O. The molecular weight excluding hydrogens is 366 g/mol. The molecule has 0 radical (unpaired) electrons. The lowest BCUT2D eigenvalue weighted by Crippen LogP contribution is -2.14. The summed E-state index contributed by atoms with van der Waals surface area (Å²) in [5, 5.41) is 6.16. The fourth-order valence-corrected chi connectivity index (χ4v) is 2.33. The Labute approximate surface area is 152 Å². The maximum absolute atomic E-state index is 12.9. The first-order valence-electron chi connectivity index (χ1n) is 7.13. The van der Waals surface area contributed by atoms with Crippen molar-refractivity contribution in [1.29, 1.82) is 0 Å². The van der Waals surface area contributed by atoms with E-state index in [9.17, 15) is 9.18 Å². The highest BCUT2D eigenvalue weighted by Crippen LogP contribution is 2.29. The monoisotopic (exact) mass is 376 g/mol. The molecule has 1 heterocycles. The number of anilines is 3. The SMILES string of the molecule is O=C(Nc1cccc(Cl)c1Cl)c1cnc(Nc2ccc(F)cc2)cn1. The summed E-state index contributed by atoms with van der Waals surface area (Å²) in [6.45, 7) is 0. The van der Waals surface area contributed by atoms with Crippen LogP contribution < -0.4 is 10.6 Å². The van der Waals surface area contributed by atoms with E-state index in [-0.39, 0.29) is 16.5 Å². The van der Waals surface area contributed by atoms with Crippen molar-refractivity contribution >= 4 is 46.3 Å². The fraction of sp³-hybridized carbons (Fsp3) is 0. The molecule has 0 spiro atoms. The molecule has 0 aliphatic carbocycles. The number of halogens is 3. The molecule has 3 rings (SSSR count). The third-order valence-corrected chi connectivity index (χ3v) is 4.02. The van der Waals surface area contributed by atoms with Gasteiger partial charge in [-0.2, -0.15) is 0 Å². The molecule has 0 fully saturated rings. The van der Waals surface area contributed by atoms with Crippen molar-refractivity contribution in [1.82, 2.24) is 9.97 Å². The van der Waals surface area contributed by atoms with Crippen molar-refractivity contribution < 1.29 is 9.18 Å². The van der Waals surface area contributed by atoms with Crippen LogP contribution in [0, 0.1) is 5.82 Å². The van der Waals surface area contributed by atoms with Crippen molar-refractivity contribution in [2.75, 3.05) is 10.6 Å². The quantitative estimate of drug-likeness (QED) is 0.678. The number of aromatic nitrogens is 2. The first kappa shape index (κ1) is 17.1. The van der Waals surface area contributed by atoms with Gasteiger partial charge in [-0.15, -0.1) is 0 Å². The molecule has 126 valence electrons. The van der Waals surface area contributed by atoms with Crippen LogP contribution in [0.2, 0.25) is 10.0 Å². The Morgan fingerprint density at radius 2 is 1.76 bits per heavy atom. The van der Waals surface area contributed by atoms with Crippen LogP contribution in [0.4, 0.5) is 21.6 Å². The molecule has 0 saturated carbocycles. The van der Waals surface area contributed by atoms with Crippen LogP contribution in [0.5, 0.6) is 0 Å². The molecule has 3 aromatic rings. The summed E-state index contributed by atoms with van der Waals surface area (Å²) in [4.78, 5) is 20.4. The summed E-state index contributed by atoms with van der Waals surface area (Å²) in [5.41, 5.74) is 1.15. The molecule has 0 aliphatic heterocycles. The Morgan fingerprint density at radius 3 is 2.44 bits per heavy atom. The highest BCUT2D eigenvalue weighted by molar-refractivity contribution is 6.44. The zero-order valence-corrected chi connectivity index (χ0v) is 14.1. The molecule has 0 unspecified atom stereocenters. The van der Waals surface area contributed by atoms with Gasteiger partial charge in [-0.25, -0.2) is 14.4 Å². The zero-order valence-electron chi connectivity index (χ0n) is 12.6. The largest absolute Gasteiger partial charge is 0.339 e. The molecule has 0 bridgehead atoms. The van der Waals surface area contributed by atoms with Crippen LogP contribution in [0.3, 0.4) is 0 Å². The predicted molar refractivity (Wildman–Crippen MR) is 96.1 cm³/mol. The van der Waals surface area contributed by atoms with Gasteiger partial charge in [0, 0.05) is 5.69 Å². The molecule has 0 saturated heterocycles. The molecule has 1 aromatic heterocycles. The number of amides is 1. The zero-order chi connectivity index (χ0) is 17.8. The lowest BCUT2D eigenvalue weighted by atomic mass is 10.3. The maximum atomic E-state index is 12.9. The minimum absolute atomic E-state index is 0.112. The van der Waals surface area contributed by atoms with Crippen LogP contribution in [0.1, 0.15) is 10.5 Å². The second-order valence-electron chi connectivity index (χ2n) is 4.97. The van der Waals surface area contributed by atoms with Gasteiger partial charge in [0.25, 0.3) is 5.91 Å². The Kier molecular flexibility index (Phi) is 5.11. The number of hydrogen-bond acceptors (Lipinski definition) is 4. The molecule has 2 N–H and O–H groups in total. The normalized spacial score (nSPS) is 10.4. The first-order chi connectivity index (χ1) is 12.0. The topological polar surface area (TPSA) is 66.9 Å². The Morgan fingerprint density at radius 1 is 1.00 bits per heavy atom. The summed E-state index contributed by atoms with van der Waals surface area (Å²) >= 11 is 11.9. The van der Waals surface area contributed by atoms with Crippen LogP contribution in [0.15, 0.2) is 54.9 Å². The van der Waals surface area contributed by atoms with Crippen molar-refractivity contribution in [3.63, 3.8) is 0 Å². The number of carbonyl (C=O) groups excluding carboxylic acids is 1. The van der Waals surface area contributed by atoms with E-state index in [1.54, 1.807) is 30.3 Å². The van der Waals surface area contributed by atoms with Crippen LogP contribution >= 0.6 is 23.2 Å². The summed E-state index contributed by atoms with van der Waals surface area (Å²) in [6.07, 6.45) is 2.72. The number of carbonyl (C=O) groups is 1. The lowest BCUT2D eigenvalue weighted by Gasteiger charge is -2.08. The Bertz CT molecular complexity index is 902. The molecule has 0 atom stereocenters. The highest BCUT2D eigenvalue weighted by Gasteiger charge is 2.12. The number of benzene rings is 2. The van der Waals surface area contributed by atoms with Gasteiger partial charge in [0.1, 0.15) is 17.3 Å². The summed E-state index contributed by atoms with van der Waals surface area (Å²) in [7, 11) is 0. The molecule has 2 aromatic carbocycles.